The maximum Gasteiger partial charge on any atom is 0.227 e. The average Bonchev–Trinajstić information content (AvgIpc) is 3.15. The Morgan fingerprint density at radius 1 is 1.23 bits per heavy atom. The highest BCUT2D eigenvalue weighted by atomic mass is 32.1. The predicted octanol–water partition coefficient (Wildman–Crippen LogP) is 4.69. The van der Waals surface area contributed by atoms with Crippen LogP contribution in [0.4, 0.5) is 0 Å². The maximum atomic E-state index is 12.9. The molecule has 2 aromatic rings. The minimum atomic E-state index is 0.266. The third kappa shape index (κ3) is 4.00. The molecule has 0 spiro atoms. The van der Waals surface area contributed by atoms with Gasteiger partial charge in [-0.05, 0) is 55.9 Å². The van der Waals surface area contributed by atoms with Gasteiger partial charge in [-0.3, -0.25) is 4.79 Å². The molecule has 2 heterocycles. The third-order valence-corrected chi connectivity index (χ3v) is 6.50. The zero-order valence-electron chi connectivity index (χ0n) is 15.4. The number of nitrogens with zero attached hydrogens (tertiary/aromatic N) is 3. The van der Waals surface area contributed by atoms with Crippen LogP contribution in [0.25, 0.3) is 11.4 Å². The van der Waals surface area contributed by atoms with Crippen LogP contribution in [0.2, 0.25) is 0 Å². The predicted molar refractivity (Wildman–Crippen MR) is 102 cm³/mol. The van der Waals surface area contributed by atoms with Crippen LogP contribution < -0.4 is 0 Å². The van der Waals surface area contributed by atoms with Gasteiger partial charge in [-0.1, -0.05) is 18.5 Å². The van der Waals surface area contributed by atoms with E-state index in [2.05, 4.69) is 22.0 Å². The fraction of sp³-hybridized carbons (Fsp3) is 0.650. The van der Waals surface area contributed by atoms with Crippen molar-refractivity contribution in [2.24, 2.45) is 5.92 Å². The summed E-state index contributed by atoms with van der Waals surface area (Å²) < 4.78 is 5.34. The van der Waals surface area contributed by atoms with Gasteiger partial charge in [0.05, 0.1) is 0 Å². The number of thiophene rings is 1. The number of aryl methyl sites for hydroxylation is 1. The number of aromatic nitrogens is 2. The van der Waals surface area contributed by atoms with E-state index in [0.717, 1.165) is 11.5 Å². The summed E-state index contributed by atoms with van der Waals surface area (Å²) in [6.07, 6.45) is 9.49. The highest BCUT2D eigenvalue weighted by molar-refractivity contribution is 7.08. The van der Waals surface area contributed by atoms with E-state index in [1.54, 1.807) is 11.3 Å². The molecule has 2 aromatic heterocycles. The molecule has 0 saturated heterocycles. The van der Waals surface area contributed by atoms with E-state index in [4.69, 9.17) is 4.52 Å². The molecule has 2 aliphatic rings. The number of amides is 1. The molecule has 0 bridgehead atoms. The van der Waals surface area contributed by atoms with E-state index < -0.39 is 0 Å². The van der Waals surface area contributed by atoms with E-state index in [-0.39, 0.29) is 5.91 Å². The largest absolute Gasteiger partial charge is 0.339 e. The smallest absolute Gasteiger partial charge is 0.227 e. The molecule has 1 amide bonds. The number of hydrogen-bond donors (Lipinski definition) is 0. The van der Waals surface area contributed by atoms with Crippen LogP contribution in [-0.2, 0) is 11.2 Å². The molecule has 2 aliphatic carbocycles. The fourth-order valence-electron chi connectivity index (χ4n) is 4.10. The van der Waals surface area contributed by atoms with Crippen LogP contribution in [0, 0.1) is 5.92 Å². The Hall–Kier alpha value is -1.69. The Morgan fingerprint density at radius 2 is 1.96 bits per heavy atom. The highest BCUT2D eigenvalue weighted by Crippen LogP contribution is 2.36. The Balaban J connectivity index is 1.34. The second-order valence-corrected chi connectivity index (χ2v) is 8.42. The lowest BCUT2D eigenvalue weighted by Crippen LogP contribution is -2.44. The van der Waals surface area contributed by atoms with E-state index in [9.17, 15) is 4.79 Å². The second-order valence-electron chi connectivity index (χ2n) is 7.64. The summed E-state index contributed by atoms with van der Waals surface area (Å²) in [5.74, 6) is 2.30. The summed E-state index contributed by atoms with van der Waals surface area (Å²) in [4.78, 5) is 19.6. The first-order valence-corrected chi connectivity index (χ1v) is 10.8. The summed E-state index contributed by atoms with van der Waals surface area (Å²) in [7, 11) is 0. The van der Waals surface area contributed by atoms with Crippen molar-refractivity contribution in [2.75, 3.05) is 0 Å². The second kappa shape index (κ2) is 7.91. The molecule has 0 aromatic carbocycles. The van der Waals surface area contributed by atoms with Crippen LogP contribution in [0.3, 0.4) is 0 Å². The van der Waals surface area contributed by atoms with E-state index in [1.807, 2.05) is 16.8 Å². The summed E-state index contributed by atoms with van der Waals surface area (Å²) in [5.41, 5.74) is 0.976. The van der Waals surface area contributed by atoms with Crippen LogP contribution in [0.1, 0.15) is 64.2 Å². The lowest BCUT2D eigenvalue weighted by atomic mass is 9.83. The first-order valence-electron chi connectivity index (χ1n) is 9.91. The standard InChI is InChI=1S/C20H27N3O2S/c1-2-14-3-5-16(6-4-14)23(17-7-8-17)19(24)10-9-18-21-20(22-25-18)15-11-12-26-13-15/h11-14,16-17H,2-10H2,1H3. The van der Waals surface area contributed by atoms with E-state index in [0.29, 0.717) is 36.6 Å². The molecule has 0 aliphatic heterocycles. The first kappa shape index (κ1) is 17.7. The average molecular weight is 374 g/mol. The number of hydrogen-bond acceptors (Lipinski definition) is 5. The number of carbonyl (C=O) groups is 1. The van der Waals surface area contributed by atoms with Crippen molar-refractivity contribution in [3.63, 3.8) is 0 Å². The molecule has 4 rings (SSSR count). The Kier molecular flexibility index (Phi) is 5.38. The normalized spacial score (nSPS) is 23.1. The van der Waals surface area contributed by atoms with E-state index >= 15 is 0 Å². The van der Waals surface area contributed by atoms with Crippen molar-refractivity contribution in [3.8, 4) is 11.4 Å². The van der Waals surface area contributed by atoms with E-state index in [1.165, 1.54) is 44.9 Å². The van der Waals surface area contributed by atoms with Gasteiger partial charge in [-0.2, -0.15) is 16.3 Å². The first-order chi connectivity index (χ1) is 12.7. The van der Waals surface area contributed by atoms with Crippen LogP contribution >= 0.6 is 11.3 Å². The third-order valence-electron chi connectivity index (χ3n) is 5.82. The van der Waals surface area contributed by atoms with Crippen molar-refractivity contribution >= 4 is 17.2 Å². The van der Waals surface area contributed by atoms with Gasteiger partial charge in [-0.15, -0.1) is 0 Å². The van der Waals surface area contributed by atoms with Gasteiger partial charge in [0.1, 0.15) is 0 Å². The van der Waals surface area contributed by atoms with Gasteiger partial charge >= 0.3 is 0 Å². The summed E-state index contributed by atoms with van der Waals surface area (Å²) >= 11 is 1.61. The van der Waals surface area contributed by atoms with Crippen LogP contribution in [0.15, 0.2) is 21.3 Å². The van der Waals surface area contributed by atoms with Gasteiger partial charge in [0.15, 0.2) is 0 Å². The zero-order valence-corrected chi connectivity index (χ0v) is 16.2. The minimum Gasteiger partial charge on any atom is -0.339 e. The molecule has 0 radical (unpaired) electrons. The fourth-order valence-corrected chi connectivity index (χ4v) is 4.73. The Labute approximate surface area is 158 Å². The summed E-state index contributed by atoms with van der Waals surface area (Å²) in [6.45, 7) is 2.28. The summed E-state index contributed by atoms with van der Waals surface area (Å²) in [6, 6.07) is 2.91. The number of rotatable bonds is 7. The molecule has 0 atom stereocenters. The monoisotopic (exact) mass is 373 g/mol. The Morgan fingerprint density at radius 3 is 2.58 bits per heavy atom. The van der Waals surface area contributed by atoms with Crippen molar-refractivity contribution in [1.29, 1.82) is 0 Å². The van der Waals surface area contributed by atoms with Crippen LogP contribution in [0.5, 0.6) is 0 Å². The topological polar surface area (TPSA) is 59.2 Å². The van der Waals surface area contributed by atoms with Crippen molar-refractivity contribution in [3.05, 3.63) is 22.7 Å². The molecule has 0 N–H and O–H groups in total. The summed E-state index contributed by atoms with van der Waals surface area (Å²) in [5, 5.41) is 8.03. The minimum absolute atomic E-state index is 0.266. The van der Waals surface area contributed by atoms with Gasteiger partial charge in [0.2, 0.25) is 17.6 Å². The molecule has 26 heavy (non-hydrogen) atoms. The van der Waals surface area contributed by atoms with Crippen LogP contribution in [-0.4, -0.2) is 33.0 Å². The lowest BCUT2D eigenvalue weighted by Gasteiger charge is -2.37. The molecule has 2 fully saturated rings. The quantitative estimate of drug-likeness (QED) is 0.706. The number of carbonyl (C=O) groups excluding carboxylic acids is 1. The molecule has 6 heteroatoms. The molecule has 5 nitrogen and oxygen atoms in total. The molecule has 140 valence electrons. The molecular weight excluding hydrogens is 346 g/mol. The Bertz CT molecular complexity index is 715. The maximum absolute atomic E-state index is 12.9. The van der Waals surface area contributed by atoms with Crippen molar-refractivity contribution in [1.82, 2.24) is 15.0 Å². The van der Waals surface area contributed by atoms with Gasteiger partial charge < -0.3 is 9.42 Å². The van der Waals surface area contributed by atoms with Gasteiger partial charge in [0.25, 0.3) is 0 Å². The van der Waals surface area contributed by atoms with Crippen molar-refractivity contribution < 1.29 is 9.32 Å². The lowest BCUT2D eigenvalue weighted by molar-refractivity contribution is -0.135. The van der Waals surface area contributed by atoms with Gasteiger partial charge in [-0.25, -0.2) is 0 Å². The SMILES string of the molecule is CCC1CCC(N(C(=O)CCc2nc(-c3ccsc3)no2)C2CC2)CC1. The molecule has 2 saturated carbocycles. The zero-order chi connectivity index (χ0) is 17.9. The molecular formula is C20H27N3O2S. The molecule has 0 unspecified atom stereocenters. The van der Waals surface area contributed by atoms with Gasteiger partial charge in [0, 0.05) is 35.9 Å². The van der Waals surface area contributed by atoms with Crippen molar-refractivity contribution in [2.45, 2.75) is 76.8 Å². The highest BCUT2D eigenvalue weighted by Gasteiger charge is 2.38.